The van der Waals surface area contributed by atoms with Gasteiger partial charge >= 0.3 is 0 Å². The summed E-state index contributed by atoms with van der Waals surface area (Å²) in [4.78, 5) is 20.1. The van der Waals surface area contributed by atoms with E-state index in [1.165, 1.54) is 23.5 Å². The number of nitrogens with zero attached hydrogens (tertiary/aromatic N) is 4. The molecule has 1 unspecified atom stereocenters. The molecule has 1 saturated heterocycles. The lowest BCUT2D eigenvalue weighted by Gasteiger charge is -2.10. The Hall–Kier alpha value is -2.29. The summed E-state index contributed by atoms with van der Waals surface area (Å²) in [6.45, 7) is 0.360. The summed E-state index contributed by atoms with van der Waals surface area (Å²) in [5.74, 6) is 0.583. The van der Waals surface area contributed by atoms with Gasteiger partial charge in [-0.3, -0.25) is 4.79 Å². The van der Waals surface area contributed by atoms with Gasteiger partial charge in [0, 0.05) is 18.3 Å². The topological polar surface area (TPSA) is 107 Å². The van der Waals surface area contributed by atoms with Crippen LogP contribution in [-0.2, 0) is 9.84 Å². The zero-order valence-electron chi connectivity index (χ0n) is 11.7. The number of aromatic nitrogens is 4. The molecule has 2 aromatic rings. The Morgan fingerprint density at radius 3 is 3.00 bits per heavy atom. The lowest BCUT2D eigenvalue weighted by Crippen LogP contribution is -2.30. The molecule has 0 radical (unpaired) electrons. The summed E-state index contributed by atoms with van der Waals surface area (Å²) in [7, 11) is -2.92. The molecule has 9 heteroatoms. The normalized spacial score (nSPS) is 19.9. The van der Waals surface area contributed by atoms with Gasteiger partial charge in [-0.15, -0.1) is 0 Å². The fourth-order valence-electron chi connectivity index (χ4n) is 2.38. The highest BCUT2D eigenvalue weighted by Gasteiger charge is 2.28. The molecule has 0 aromatic carbocycles. The van der Waals surface area contributed by atoms with E-state index in [4.69, 9.17) is 0 Å². The van der Waals surface area contributed by atoms with Gasteiger partial charge in [-0.05, 0) is 24.5 Å². The van der Waals surface area contributed by atoms with Gasteiger partial charge in [0.05, 0.1) is 11.5 Å². The Labute approximate surface area is 127 Å². The van der Waals surface area contributed by atoms with Crippen molar-refractivity contribution in [2.45, 2.75) is 6.42 Å². The highest BCUT2D eigenvalue weighted by Crippen LogP contribution is 2.17. The van der Waals surface area contributed by atoms with E-state index in [-0.39, 0.29) is 23.3 Å². The van der Waals surface area contributed by atoms with E-state index >= 15 is 0 Å². The van der Waals surface area contributed by atoms with Crippen LogP contribution >= 0.6 is 0 Å². The van der Waals surface area contributed by atoms with Crippen molar-refractivity contribution >= 4 is 15.7 Å². The third-order valence-corrected chi connectivity index (χ3v) is 5.38. The molecule has 0 saturated carbocycles. The molecule has 0 bridgehead atoms. The van der Waals surface area contributed by atoms with Gasteiger partial charge in [-0.2, -0.15) is 5.10 Å². The first-order valence-corrected chi connectivity index (χ1v) is 8.65. The molecule has 116 valence electrons. The first-order chi connectivity index (χ1) is 10.5. The number of rotatable bonds is 4. The number of hydrogen-bond donors (Lipinski definition) is 1. The van der Waals surface area contributed by atoms with Crippen molar-refractivity contribution in [3.63, 3.8) is 0 Å². The maximum Gasteiger partial charge on any atom is 0.251 e. The molecule has 1 fully saturated rings. The molecule has 0 aliphatic carbocycles. The molecule has 8 nitrogen and oxygen atoms in total. The van der Waals surface area contributed by atoms with Gasteiger partial charge in [0.15, 0.2) is 15.7 Å². The minimum Gasteiger partial charge on any atom is -0.352 e. The van der Waals surface area contributed by atoms with Crippen molar-refractivity contribution in [2.75, 3.05) is 18.1 Å². The Balaban J connectivity index is 1.64. The minimum absolute atomic E-state index is 0.00873. The summed E-state index contributed by atoms with van der Waals surface area (Å²) in [5.41, 5.74) is 0.446. The van der Waals surface area contributed by atoms with Crippen molar-refractivity contribution < 1.29 is 13.2 Å². The molecule has 3 heterocycles. The quantitative estimate of drug-likeness (QED) is 0.837. The Kier molecular flexibility index (Phi) is 3.88. The number of hydrogen-bond acceptors (Lipinski definition) is 6. The summed E-state index contributed by atoms with van der Waals surface area (Å²) in [5, 5.41) is 6.73. The van der Waals surface area contributed by atoms with Crippen LogP contribution in [0, 0.1) is 5.92 Å². The molecular formula is C13H15N5O3S. The van der Waals surface area contributed by atoms with Crippen LogP contribution in [0.15, 0.2) is 31.0 Å². The Morgan fingerprint density at radius 2 is 2.32 bits per heavy atom. The summed E-state index contributed by atoms with van der Waals surface area (Å²) < 4.78 is 24.2. The average Bonchev–Trinajstić information content (AvgIpc) is 3.14. The van der Waals surface area contributed by atoms with Crippen LogP contribution in [-0.4, -0.2) is 52.1 Å². The maximum atomic E-state index is 12.2. The Bertz CT molecular complexity index is 773. The van der Waals surface area contributed by atoms with Crippen LogP contribution in [0.3, 0.4) is 0 Å². The van der Waals surface area contributed by atoms with E-state index in [9.17, 15) is 13.2 Å². The largest absolute Gasteiger partial charge is 0.352 e. The number of sulfone groups is 1. The summed E-state index contributed by atoms with van der Waals surface area (Å²) >= 11 is 0. The van der Waals surface area contributed by atoms with Gasteiger partial charge in [0.1, 0.15) is 12.7 Å². The van der Waals surface area contributed by atoms with Crippen molar-refractivity contribution in [3.05, 3.63) is 36.5 Å². The molecule has 0 spiro atoms. The van der Waals surface area contributed by atoms with Crippen LogP contribution < -0.4 is 5.32 Å². The van der Waals surface area contributed by atoms with Gasteiger partial charge in [-0.25, -0.2) is 23.1 Å². The molecular weight excluding hydrogens is 306 g/mol. The number of amides is 1. The summed E-state index contributed by atoms with van der Waals surface area (Å²) in [6.07, 6.45) is 5.00. The molecule has 1 atom stereocenters. The number of nitrogens with one attached hydrogen (secondary N) is 1. The first-order valence-electron chi connectivity index (χ1n) is 6.83. The fraction of sp³-hybridized carbons (Fsp3) is 0.385. The molecule has 22 heavy (non-hydrogen) atoms. The van der Waals surface area contributed by atoms with Crippen LogP contribution in [0.25, 0.3) is 5.82 Å². The predicted molar refractivity (Wildman–Crippen MR) is 78.2 cm³/mol. The van der Waals surface area contributed by atoms with Crippen LogP contribution in [0.2, 0.25) is 0 Å². The molecule has 1 aliphatic rings. The average molecular weight is 321 g/mol. The van der Waals surface area contributed by atoms with E-state index in [0.717, 1.165) is 0 Å². The number of carbonyl (C=O) groups is 1. The van der Waals surface area contributed by atoms with Gasteiger partial charge in [0.25, 0.3) is 5.91 Å². The number of carbonyl (C=O) groups excluding carboxylic acids is 1. The summed E-state index contributed by atoms with van der Waals surface area (Å²) in [6, 6.07) is 3.20. The van der Waals surface area contributed by atoms with Crippen LogP contribution in [0.1, 0.15) is 16.8 Å². The molecule has 1 amide bonds. The standard InChI is InChI=1S/C13H15N5O3S/c19-13(16-6-10-2-4-22(20,21)7-10)11-1-3-15-12(5-11)18-9-14-8-17-18/h1,3,5,8-10H,2,4,6-7H2,(H,16,19). The van der Waals surface area contributed by atoms with E-state index < -0.39 is 9.84 Å². The highest BCUT2D eigenvalue weighted by atomic mass is 32.2. The highest BCUT2D eigenvalue weighted by molar-refractivity contribution is 7.91. The Morgan fingerprint density at radius 1 is 1.45 bits per heavy atom. The minimum atomic E-state index is -2.92. The third kappa shape index (κ3) is 3.30. The van der Waals surface area contributed by atoms with E-state index in [0.29, 0.717) is 24.3 Å². The molecule has 2 aromatic heterocycles. The SMILES string of the molecule is O=C(NCC1CCS(=O)(=O)C1)c1ccnc(-n2cncn2)c1. The predicted octanol–water partition coefficient (Wildman–Crippen LogP) is -0.173. The van der Waals surface area contributed by atoms with Gasteiger partial charge in [0.2, 0.25) is 0 Å². The van der Waals surface area contributed by atoms with Crippen molar-refractivity contribution in [1.29, 1.82) is 0 Å². The zero-order valence-corrected chi connectivity index (χ0v) is 12.5. The van der Waals surface area contributed by atoms with Gasteiger partial charge < -0.3 is 5.32 Å². The fourth-order valence-corrected chi connectivity index (χ4v) is 4.25. The number of pyridine rings is 1. The monoisotopic (exact) mass is 321 g/mol. The zero-order chi connectivity index (χ0) is 15.6. The van der Waals surface area contributed by atoms with Crippen LogP contribution in [0.4, 0.5) is 0 Å². The van der Waals surface area contributed by atoms with Gasteiger partial charge in [-0.1, -0.05) is 0 Å². The van der Waals surface area contributed by atoms with Crippen molar-refractivity contribution in [1.82, 2.24) is 25.1 Å². The molecule has 1 aliphatic heterocycles. The second-order valence-corrected chi connectivity index (χ2v) is 7.45. The van der Waals surface area contributed by atoms with E-state index in [2.05, 4.69) is 20.4 Å². The van der Waals surface area contributed by atoms with Crippen molar-refractivity contribution in [2.24, 2.45) is 5.92 Å². The molecule has 3 rings (SSSR count). The second-order valence-electron chi connectivity index (χ2n) is 5.22. The van der Waals surface area contributed by atoms with E-state index in [1.807, 2.05) is 0 Å². The lowest BCUT2D eigenvalue weighted by molar-refractivity contribution is 0.0948. The lowest BCUT2D eigenvalue weighted by atomic mass is 10.1. The van der Waals surface area contributed by atoms with E-state index in [1.54, 1.807) is 12.1 Å². The maximum absolute atomic E-state index is 12.2. The smallest absolute Gasteiger partial charge is 0.251 e. The third-order valence-electron chi connectivity index (χ3n) is 3.54. The molecule has 1 N–H and O–H groups in total. The van der Waals surface area contributed by atoms with Crippen molar-refractivity contribution in [3.8, 4) is 5.82 Å². The second kappa shape index (κ2) is 5.84. The van der Waals surface area contributed by atoms with Crippen LogP contribution in [0.5, 0.6) is 0 Å². The first kappa shape index (κ1) is 14.6.